The second kappa shape index (κ2) is 9.24. The molecule has 196 valence electrons. The number of esters is 1. The van der Waals surface area contributed by atoms with Gasteiger partial charge in [-0.25, -0.2) is 0 Å². The van der Waals surface area contributed by atoms with Crippen LogP contribution < -0.4 is 5.32 Å². The summed E-state index contributed by atoms with van der Waals surface area (Å²) >= 11 is 0. The summed E-state index contributed by atoms with van der Waals surface area (Å²) in [7, 11) is 1.30. The van der Waals surface area contributed by atoms with Gasteiger partial charge in [-0.1, -0.05) is 31.6 Å². The third-order valence-corrected chi connectivity index (χ3v) is 7.67. The van der Waals surface area contributed by atoms with Crippen LogP contribution in [0.15, 0.2) is 35.1 Å². The van der Waals surface area contributed by atoms with Crippen LogP contribution in [-0.2, 0) is 38.1 Å². The second-order valence-corrected chi connectivity index (χ2v) is 10.3. The lowest BCUT2D eigenvalue weighted by Crippen LogP contribution is -2.71. The first kappa shape index (κ1) is 26.2. The maximum Gasteiger partial charge on any atom is 0.316 e. The number of carbonyl (C=O) groups is 4. The highest BCUT2D eigenvalue weighted by Crippen LogP contribution is 2.57. The van der Waals surface area contributed by atoms with Crippen LogP contribution >= 0.6 is 0 Å². The topological polar surface area (TPSA) is 137 Å². The minimum absolute atomic E-state index is 0.0682. The molecule has 0 aromatic rings. The van der Waals surface area contributed by atoms with Gasteiger partial charge in [0.1, 0.15) is 29.0 Å². The number of rotatable bonds is 5. The van der Waals surface area contributed by atoms with Gasteiger partial charge in [-0.2, -0.15) is 0 Å². The van der Waals surface area contributed by atoms with Crippen LogP contribution in [0.25, 0.3) is 0 Å². The van der Waals surface area contributed by atoms with Crippen LogP contribution in [0, 0.1) is 17.8 Å². The molecule has 4 aliphatic rings. The minimum Gasteiger partial charge on any atom is -0.507 e. The zero-order valence-corrected chi connectivity index (χ0v) is 21.3. The van der Waals surface area contributed by atoms with E-state index in [0.29, 0.717) is 0 Å². The number of aliphatic hydroxyl groups excluding tert-OH is 1. The normalized spacial score (nSPS) is 40.8. The van der Waals surface area contributed by atoms with Crippen molar-refractivity contribution in [3.05, 3.63) is 35.1 Å². The molecule has 4 heterocycles. The highest BCUT2D eigenvalue weighted by Gasteiger charge is 2.74. The summed E-state index contributed by atoms with van der Waals surface area (Å²) in [5, 5.41) is 12.6. The summed E-state index contributed by atoms with van der Waals surface area (Å²) in [6.45, 7) is 8.96. The number of carbonyl (C=O) groups excluding carboxylic acids is 4. The van der Waals surface area contributed by atoms with Crippen molar-refractivity contribution in [1.82, 2.24) is 5.32 Å². The standard InChI is InChI=1S/C26H33NO9/c1-12(7-8-16(28)19-18(30)11-27-23(19)31)9-13(2)21-14(3)22-17(29)10-25(5)26(35-21,36-22)20(15(4)34-25)24(32)33-6/h7-9,13-15,20-22,28H,10-11H2,1-6H3,(H,27,31)/b8-7+,12-9+,19-16+/t13-,14-,15-,20-,21-,22-,25+,26+/m1/s1. The number of Topliss-reactive ketones (excluding diaryl/α,β-unsaturated/α-hetero) is 2. The molecule has 0 aliphatic carbocycles. The summed E-state index contributed by atoms with van der Waals surface area (Å²) in [4.78, 5) is 49.4. The molecule has 36 heavy (non-hydrogen) atoms. The SMILES string of the molecule is COC(=O)[C@H]1[C@@H](C)O[C@@]2(C)CC(=O)[C@@H]3O[C@@]12O[C@H]([C@H](C)/C=C(C)/C=C/C(O)=C1/C(=O)CNC1=O)[C@H]3C. The Balaban J connectivity index is 1.63. The van der Waals surface area contributed by atoms with Crippen molar-refractivity contribution in [3.8, 4) is 0 Å². The predicted molar refractivity (Wildman–Crippen MR) is 125 cm³/mol. The molecule has 0 aromatic heterocycles. The van der Waals surface area contributed by atoms with Gasteiger partial charge in [-0.3, -0.25) is 19.2 Å². The molecule has 0 unspecified atom stereocenters. The molecular weight excluding hydrogens is 470 g/mol. The number of aliphatic hydroxyl groups is 1. The van der Waals surface area contributed by atoms with Crippen LogP contribution in [0.2, 0.25) is 0 Å². The van der Waals surface area contributed by atoms with Crippen molar-refractivity contribution < 1.29 is 43.2 Å². The first-order valence-electron chi connectivity index (χ1n) is 12.1. The van der Waals surface area contributed by atoms with Crippen LogP contribution in [0.3, 0.4) is 0 Å². The van der Waals surface area contributed by atoms with E-state index in [4.69, 9.17) is 18.9 Å². The van der Waals surface area contributed by atoms with Crippen molar-refractivity contribution >= 4 is 23.4 Å². The zero-order chi connectivity index (χ0) is 26.6. The summed E-state index contributed by atoms with van der Waals surface area (Å²) in [5.41, 5.74) is -0.676. The quantitative estimate of drug-likeness (QED) is 0.189. The lowest BCUT2D eigenvalue weighted by atomic mass is 9.73. The fourth-order valence-corrected chi connectivity index (χ4v) is 6.00. The minimum atomic E-state index is -1.47. The van der Waals surface area contributed by atoms with E-state index in [-0.39, 0.29) is 36.2 Å². The molecule has 1 spiro atoms. The number of nitrogens with one attached hydrogen (secondary N) is 1. The monoisotopic (exact) mass is 503 g/mol. The Bertz CT molecular complexity index is 1070. The average molecular weight is 504 g/mol. The number of ether oxygens (including phenoxy) is 4. The van der Waals surface area contributed by atoms with E-state index in [1.54, 1.807) is 26.8 Å². The van der Waals surface area contributed by atoms with Crippen LogP contribution in [0.1, 0.15) is 41.0 Å². The molecule has 4 rings (SSSR count). The van der Waals surface area contributed by atoms with Crippen molar-refractivity contribution in [2.45, 2.75) is 70.7 Å². The average Bonchev–Trinajstić information content (AvgIpc) is 3.25. The summed E-state index contributed by atoms with van der Waals surface area (Å²) < 4.78 is 24.0. The number of hydrogen-bond donors (Lipinski definition) is 2. The predicted octanol–water partition coefficient (Wildman–Crippen LogP) is 1.69. The lowest BCUT2D eigenvalue weighted by molar-refractivity contribution is -0.387. The smallest absolute Gasteiger partial charge is 0.316 e. The van der Waals surface area contributed by atoms with E-state index in [1.165, 1.54) is 13.2 Å². The van der Waals surface area contributed by atoms with E-state index >= 15 is 0 Å². The Morgan fingerprint density at radius 2 is 1.89 bits per heavy atom. The third-order valence-electron chi connectivity index (χ3n) is 7.67. The molecular formula is C26H33NO9. The van der Waals surface area contributed by atoms with E-state index in [2.05, 4.69) is 5.32 Å². The zero-order valence-electron chi connectivity index (χ0n) is 21.3. The van der Waals surface area contributed by atoms with Gasteiger partial charge in [0, 0.05) is 18.3 Å². The molecule has 8 atom stereocenters. The maximum absolute atomic E-state index is 13.1. The van der Waals surface area contributed by atoms with Crippen molar-refractivity contribution in [3.63, 3.8) is 0 Å². The Kier molecular flexibility index (Phi) is 6.74. The molecule has 4 saturated heterocycles. The number of allylic oxidation sites excluding steroid dienone is 3. The Morgan fingerprint density at radius 3 is 2.50 bits per heavy atom. The van der Waals surface area contributed by atoms with Gasteiger partial charge in [0.05, 0.1) is 25.9 Å². The Hall–Kier alpha value is -2.82. The van der Waals surface area contributed by atoms with E-state index < -0.39 is 59.0 Å². The van der Waals surface area contributed by atoms with Crippen molar-refractivity contribution in [1.29, 1.82) is 0 Å². The van der Waals surface area contributed by atoms with Crippen molar-refractivity contribution in [2.75, 3.05) is 13.7 Å². The largest absolute Gasteiger partial charge is 0.507 e. The number of fused-ring (bicyclic) bond motifs is 1. The number of hydrogen-bond acceptors (Lipinski definition) is 9. The molecule has 2 bridgehead atoms. The number of methoxy groups -OCH3 is 1. The fourth-order valence-electron chi connectivity index (χ4n) is 6.00. The summed E-state index contributed by atoms with van der Waals surface area (Å²) in [5.74, 6) is -4.97. The van der Waals surface area contributed by atoms with Gasteiger partial charge >= 0.3 is 5.97 Å². The number of ketones is 2. The van der Waals surface area contributed by atoms with Crippen LogP contribution in [-0.4, -0.2) is 71.9 Å². The summed E-state index contributed by atoms with van der Waals surface area (Å²) in [6.07, 6.45) is 3.03. The number of amides is 1. The Morgan fingerprint density at radius 1 is 1.19 bits per heavy atom. The van der Waals surface area contributed by atoms with E-state index in [9.17, 15) is 24.3 Å². The molecule has 2 N–H and O–H groups in total. The van der Waals surface area contributed by atoms with Gasteiger partial charge in [-0.05, 0) is 26.8 Å². The molecule has 4 aliphatic heterocycles. The molecule has 10 nitrogen and oxygen atoms in total. The molecule has 1 amide bonds. The van der Waals surface area contributed by atoms with Gasteiger partial charge < -0.3 is 29.4 Å². The van der Waals surface area contributed by atoms with Crippen LogP contribution in [0.4, 0.5) is 0 Å². The second-order valence-electron chi connectivity index (χ2n) is 10.3. The van der Waals surface area contributed by atoms with Gasteiger partial charge in [-0.15, -0.1) is 0 Å². The lowest BCUT2D eigenvalue weighted by Gasteiger charge is -2.56. The molecule has 0 radical (unpaired) electrons. The molecule has 4 fully saturated rings. The van der Waals surface area contributed by atoms with Gasteiger partial charge in [0.2, 0.25) is 5.79 Å². The molecule has 0 aromatic carbocycles. The van der Waals surface area contributed by atoms with E-state index in [0.717, 1.165) is 5.57 Å². The molecule has 0 saturated carbocycles. The fraction of sp³-hybridized carbons (Fsp3) is 0.615. The third kappa shape index (κ3) is 4.01. The highest BCUT2D eigenvalue weighted by molar-refractivity contribution is 6.25. The van der Waals surface area contributed by atoms with Crippen molar-refractivity contribution in [2.24, 2.45) is 17.8 Å². The van der Waals surface area contributed by atoms with Gasteiger partial charge in [0.25, 0.3) is 5.91 Å². The van der Waals surface area contributed by atoms with Gasteiger partial charge in [0.15, 0.2) is 11.6 Å². The summed E-state index contributed by atoms with van der Waals surface area (Å²) in [6, 6.07) is 0. The maximum atomic E-state index is 13.1. The van der Waals surface area contributed by atoms with E-state index in [1.807, 2.05) is 19.9 Å². The molecule has 10 heteroatoms. The highest BCUT2D eigenvalue weighted by atomic mass is 16.8. The Labute approximate surface area is 209 Å². The first-order chi connectivity index (χ1) is 16.8. The first-order valence-corrected chi connectivity index (χ1v) is 12.1. The van der Waals surface area contributed by atoms with Crippen LogP contribution in [0.5, 0.6) is 0 Å².